The van der Waals surface area contributed by atoms with Crippen molar-refractivity contribution >= 4 is 17.1 Å². The van der Waals surface area contributed by atoms with Gasteiger partial charge in [-0.05, 0) is 67.3 Å². The van der Waals surface area contributed by atoms with Gasteiger partial charge in [-0.25, -0.2) is 0 Å². The van der Waals surface area contributed by atoms with Crippen molar-refractivity contribution in [1.82, 2.24) is 0 Å². The summed E-state index contributed by atoms with van der Waals surface area (Å²) in [6, 6.07) is 26.7. The molecule has 0 aliphatic carbocycles. The molecule has 0 saturated carbocycles. The molecule has 0 amide bonds. The molecule has 26 heavy (non-hydrogen) atoms. The van der Waals surface area contributed by atoms with E-state index in [2.05, 4.69) is 98.5 Å². The summed E-state index contributed by atoms with van der Waals surface area (Å²) in [5, 5.41) is 0. The van der Waals surface area contributed by atoms with Crippen LogP contribution in [0.25, 0.3) is 0 Å². The smallest absolute Gasteiger partial charge is 0.0464 e. The van der Waals surface area contributed by atoms with Gasteiger partial charge < -0.3 is 4.90 Å². The Kier molecular flexibility index (Phi) is 6.12. The standard InChI is InChI=1S/C25H29N/c1-4-8-21-10-6-12-24(18-21)26(23-16-14-20(3)15-17-23)25-13-7-11-22(19-25)9-5-2/h6-7,10-19H,4-5,8-9H2,1-3H3. The largest absolute Gasteiger partial charge is 0.310 e. The van der Waals surface area contributed by atoms with Crippen molar-refractivity contribution in [1.29, 1.82) is 0 Å². The molecule has 0 saturated heterocycles. The molecule has 0 aromatic heterocycles. The minimum Gasteiger partial charge on any atom is -0.310 e. The minimum atomic E-state index is 1.12. The van der Waals surface area contributed by atoms with E-state index in [0.717, 1.165) is 12.8 Å². The predicted molar refractivity (Wildman–Crippen MR) is 114 cm³/mol. The molecule has 3 rings (SSSR count). The SMILES string of the molecule is CCCc1cccc(N(c2ccc(C)cc2)c2cccc(CCC)c2)c1. The Hall–Kier alpha value is -2.54. The van der Waals surface area contributed by atoms with Crippen LogP contribution < -0.4 is 4.90 Å². The summed E-state index contributed by atoms with van der Waals surface area (Å²) in [6.45, 7) is 6.61. The zero-order valence-electron chi connectivity index (χ0n) is 16.2. The molecule has 0 N–H and O–H groups in total. The Morgan fingerprint density at radius 3 is 1.58 bits per heavy atom. The lowest BCUT2D eigenvalue weighted by Crippen LogP contribution is -2.10. The average molecular weight is 344 g/mol. The van der Waals surface area contributed by atoms with Crippen molar-refractivity contribution < 1.29 is 0 Å². The topological polar surface area (TPSA) is 3.24 Å². The number of anilines is 3. The van der Waals surface area contributed by atoms with Crippen LogP contribution in [0.1, 0.15) is 43.4 Å². The van der Waals surface area contributed by atoms with Gasteiger partial charge >= 0.3 is 0 Å². The normalized spacial score (nSPS) is 10.7. The second-order valence-electron chi connectivity index (χ2n) is 7.01. The van der Waals surface area contributed by atoms with Crippen LogP contribution in [0.4, 0.5) is 17.1 Å². The van der Waals surface area contributed by atoms with Gasteiger partial charge in [-0.1, -0.05) is 68.7 Å². The number of hydrogen-bond donors (Lipinski definition) is 0. The van der Waals surface area contributed by atoms with E-state index in [4.69, 9.17) is 0 Å². The Balaban J connectivity index is 2.09. The monoisotopic (exact) mass is 343 g/mol. The quantitative estimate of drug-likeness (QED) is 0.433. The van der Waals surface area contributed by atoms with Crippen LogP contribution >= 0.6 is 0 Å². The van der Waals surface area contributed by atoms with E-state index >= 15 is 0 Å². The summed E-state index contributed by atoms with van der Waals surface area (Å²) in [6.07, 6.45) is 4.57. The maximum Gasteiger partial charge on any atom is 0.0464 e. The van der Waals surface area contributed by atoms with Crippen LogP contribution in [0.5, 0.6) is 0 Å². The minimum absolute atomic E-state index is 1.12. The van der Waals surface area contributed by atoms with Crippen molar-refractivity contribution in [3.63, 3.8) is 0 Å². The molecule has 134 valence electrons. The molecule has 0 unspecified atom stereocenters. The number of nitrogens with zero attached hydrogens (tertiary/aromatic N) is 1. The van der Waals surface area contributed by atoms with E-state index < -0.39 is 0 Å². The Morgan fingerprint density at radius 1 is 0.615 bits per heavy atom. The maximum atomic E-state index is 2.37. The molecule has 1 heteroatoms. The zero-order chi connectivity index (χ0) is 18.4. The fourth-order valence-corrected chi connectivity index (χ4v) is 3.42. The van der Waals surface area contributed by atoms with Gasteiger partial charge in [0.15, 0.2) is 0 Å². The van der Waals surface area contributed by atoms with E-state index in [1.54, 1.807) is 0 Å². The van der Waals surface area contributed by atoms with Gasteiger partial charge in [0.2, 0.25) is 0 Å². The summed E-state index contributed by atoms with van der Waals surface area (Å²) in [4.78, 5) is 2.37. The Bertz CT molecular complexity index is 783. The second kappa shape index (κ2) is 8.71. The third-order valence-electron chi connectivity index (χ3n) is 4.71. The van der Waals surface area contributed by atoms with E-state index in [1.807, 2.05) is 0 Å². The first-order chi connectivity index (χ1) is 12.7. The van der Waals surface area contributed by atoms with Gasteiger partial charge in [-0.3, -0.25) is 0 Å². The van der Waals surface area contributed by atoms with E-state index in [1.165, 1.54) is 46.6 Å². The number of benzene rings is 3. The fourth-order valence-electron chi connectivity index (χ4n) is 3.42. The van der Waals surface area contributed by atoms with Gasteiger partial charge in [0.1, 0.15) is 0 Å². The van der Waals surface area contributed by atoms with Crippen LogP contribution in [0.15, 0.2) is 72.8 Å². The highest BCUT2D eigenvalue weighted by Crippen LogP contribution is 2.35. The van der Waals surface area contributed by atoms with E-state index in [-0.39, 0.29) is 0 Å². The van der Waals surface area contributed by atoms with Crippen LogP contribution in [-0.4, -0.2) is 0 Å². The van der Waals surface area contributed by atoms with Gasteiger partial charge in [-0.15, -0.1) is 0 Å². The third-order valence-corrected chi connectivity index (χ3v) is 4.71. The van der Waals surface area contributed by atoms with Gasteiger partial charge in [0.05, 0.1) is 0 Å². The molecular formula is C25H29N. The zero-order valence-corrected chi connectivity index (χ0v) is 16.2. The lowest BCUT2D eigenvalue weighted by Gasteiger charge is -2.26. The van der Waals surface area contributed by atoms with E-state index in [0.29, 0.717) is 0 Å². The first-order valence-corrected chi connectivity index (χ1v) is 9.76. The van der Waals surface area contributed by atoms with E-state index in [9.17, 15) is 0 Å². The molecule has 3 aromatic carbocycles. The van der Waals surface area contributed by atoms with Crippen molar-refractivity contribution in [3.8, 4) is 0 Å². The molecule has 1 nitrogen and oxygen atoms in total. The highest BCUT2D eigenvalue weighted by molar-refractivity contribution is 5.77. The lowest BCUT2D eigenvalue weighted by molar-refractivity contribution is 0.919. The number of aryl methyl sites for hydroxylation is 3. The van der Waals surface area contributed by atoms with Crippen molar-refractivity contribution in [2.75, 3.05) is 4.90 Å². The molecule has 0 radical (unpaired) electrons. The van der Waals surface area contributed by atoms with Gasteiger partial charge in [0, 0.05) is 17.1 Å². The Labute approximate surface area is 158 Å². The summed E-state index contributed by atoms with van der Waals surface area (Å²) < 4.78 is 0. The molecule has 0 aliphatic rings. The van der Waals surface area contributed by atoms with Crippen LogP contribution in [0, 0.1) is 6.92 Å². The molecular weight excluding hydrogens is 314 g/mol. The Morgan fingerprint density at radius 2 is 1.12 bits per heavy atom. The van der Waals surface area contributed by atoms with Crippen LogP contribution in [-0.2, 0) is 12.8 Å². The molecule has 0 atom stereocenters. The summed E-state index contributed by atoms with van der Waals surface area (Å²) in [7, 11) is 0. The first kappa shape index (κ1) is 18.3. The molecule has 0 spiro atoms. The highest BCUT2D eigenvalue weighted by atomic mass is 15.1. The molecule has 0 fully saturated rings. The fraction of sp³-hybridized carbons (Fsp3) is 0.280. The first-order valence-electron chi connectivity index (χ1n) is 9.76. The predicted octanol–water partition coefficient (Wildman–Crippen LogP) is 7.37. The summed E-state index contributed by atoms with van der Waals surface area (Å²) >= 11 is 0. The molecule has 0 bridgehead atoms. The second-order valence-corrected chi connectivity index (χ2v) is 7.01. The number of hydrogen-bond acceptors (Lipinski definition) is 1. The summed E-state index contributed by atoms with van der Waals surface area (Å²) in [5.41, 5.74) is 7.74. The lowest BCUT2D eigenvalue weighted by atomic mass is 10.1. The molecule has 0 aliphatic heterocycles. The van der Waals surface area contributed by atoms with Crippen LogP contribution in [0.2, 0.25) is 0 Å². The highest BCUT2D eigenvalue weighted by Gasteiger charge is 2.13. The van der Waals surface area contributed by atoms with Crippen molar-refractivity contribution in [2.45, 2.75) is 46.5 Å². The van der Waals surface area contributed by atoms with Gasteiger partial charge in [-0.2, -0.15) is 0 Å². The average Bonchev–Trinajstić information content (AvgIpc) is 2.65. The molecule has 3 aromatic rings. The van der Waals surface area contributed by atoms with Crippen molar-refractivity contribution in [2.24, 2.45) is 0 Å². The number of rotatable bonds is 7. The van der Waals surface area contributed by atoms with Gasteiger partial charge in [0.25, 0.3) is 0 Å². The van der Waals surface area contributed by atoms with Crippen molar-refractivity contribution in [3.05, 3.63) is 89.5 Å². The molecule has 0 heterocycles. The third kappa shape index (κ3) is 4.35. The summed E-state index contributed by atoms with van der Waals surface area (Å²) in [5.74, 6) is 0. The van der Waals surface area contributed by atoms with Crippen LogP contribution in [0.3, 0.4) is 0 Å². The maximum absolute atomic E-state index is 2.37.